The van der Waals surface area contributed by atoms with Crippen LogP contribution < -0.4 is 16.0 Å². The molecule has 0 spiro atoms. The zero-order valence-corrected chi connectivity index (χ0v) is 26.7. The third-order valence-electron chi connectivity index (χ3n) is 8.46. The van der Waals surface area contributed by atoms with Gasteiger partial charge in [0.2, 0.25) is 11.8 Å². The molecule has 2 heterocycles. The Morgan fingerprint density at radius 1 is 0.913 bits per heavy atom. The van der Waals surface area contributed by atoms with Crippen molar-refractivity contribution in [1.82, 2.24) is 20.9 Å². The maximum Gasteiger partial charge on any atom is 0.331 e. The van der Waals surface area contributed by atoms with Crippen molar-refractivity contribution in [3.8, 4) is 0 Å². The highest BCUT2D eigenvalue weighted by molar-refractivity contribution is 6.20. The number of aliphatic carboxylic acids is 1. The van der Waals surface area contributed by atoms with E-state index in [-0.39, 0.29) is 17.9 Å². The first-order chi connectivity index (χ1) is 22.0. The first-order valence-corrected chi connectivity index (χ1v) is 16.0. The van der Waals surface area contributed by atoms with Crippen molar-refractivity contribution in [2.24, 2.45) is 11.8 Å². The van der Waals surface area contributed by atoms with Crippen LogP contribution >= 0.6 is 0 Å². The van der Waals surface area contributed by atoms with Gasteiger partial charge in [0, 0.05) is 29.1 Å². The van der Waals surface area contributed by atoms with Crippen LogP contribution in [0.25, 0.3) is 10.9 Å². The highest BCUT2D eigenvalue weighted by Gasteiger charge is 2.40. The molecule has 6 N–H and O–H groups in total. The van der Waals surface area contributed by atoms with Crippen LogP contribution in [0.15, 0.2) is 30.5 Å². The van der Waals surface area contributed by atoms with Gasteiger partial charge in [-0.3, -0.25) is 24.0 Å². The van der Waals surface area contributed by atoms with E-state index in [0.29, 0.717) is 17.3 Å². The summed E-state index contributed by atoms with van der Waals surface area (Å²) >= 11 is 0. The van der Waals surface area contributed by atoms with E-state index >= 15 is 0 Å². The molecule has 1 unspecified atom stereocenters. The molecule has 1 aliphatic rings. The predicted molar refractivity (Wildman–Crippen MR) is 169 cm³/mol. The summed E-state index contributed by atoms with van der Waals surface area (Å²) in [6.45, 7) is 4.64. The van der Waals surface area contributed by atoms with Gasteiger partial charge in [0.05, 0.1) is 12.5 Å². The van der Waals surface area contributed by atoms with Crippen LogP contribution in [0.2, 0.25) is 0 Å². The van der Waals surface area contributed by atoms with Crippen LogP contribution in [0, 0.1) is 11.8 Å². The van der Waals surface area contributed by atoms with Gasteiger partial charge < -0.3 is 35.9 Å². The highest BCUT2D eigenvalue weighted by atomic mass is 16.5. The number of aliphatic hydroxyl groups excluding tert-OH is 1. The number of aliphatic hydroxyl groups is 1. The smallest absolute Gasteiger partial charge is 0.331 e. The van der Waals surface area contributed by atoms with Gasteiger partial charge in [0.15, 0.2) is 17.9 Å². The summed E-state index contributed by atoms with van der Waals surface area (Å²) in [5, 5.41) is 27.1. The number of aromatic nitrogens is 1. The van der Waals surface area contributed by atoms with Crippen molar-refractivity contribution < 1.29 is 43.7 Å². The predicted octanol–water partition coefficient (Wildman–Crippen LogP) is 2.61. The molecule has 46 heavy (non-hydrogen) atoms. The molecule has 252 valence electrons. The number of carbonyl (C=O) groups is 6. The van der Waals surface area contributed by atoms with Gasteiger partial charge in [-0.1, -0.05) is 77.5 Å². The minimum Gasteiger partial charge on any atom is -0.481 e. The fourth-order valence-corrected chi connectivity index (χ4v) is 5.69. The number of H-pyrrole nitrogens is 1. The molecule has 1 aliphatic heterocycles. The van der Waals surface area contributed by atoms with E-state index in [1.165, 1.54) is 13.1 Å². The quantitative estimate of drug-likeness (QED) is 0.0775. The standard InChI is InChI=1S/C33H46N4O9/c1-4-5-6-7-8-9-12-19(2)29-20(3)30(42)35-24(15-16-26(39)40)31(43)37-27(32(44)36-25(18-38)33(45)46-29)28(41)22-17-34-23-14-11-10-13-21(22)23/h10-11,13-14,17,19-20,24-25,27,29,34,38H,4-9,12,15-16,18H2,1-3H3,(H,35,42)(H,36,44)(H,37,43)(H,39,40)/t19-,20+,24-,25+,27?,29+/m1/s1. The Morgan fingerprint density at radius 3 is 2.28 bits per heavy atom. The molecular weight excluding hydrogens is 596 g/mol. The van der Waals surface area contributed by atoms with E-state index in [1.54, 1.807) is 24.3 Å². The molecule has 0 bridgehead atoms. The van der Waals surface area contributed by atoms with E-state index in [0.717, 1.165) is 38.5 Å². The number of hydrogen-bond donors (Lipinski definition) is 6. The SMILES string of the molecule is CCCCCCCC[C@@H](C)[C@@H]1OC(=O)[C@H](CO)NC(=O)C(C(=O)c2c[nH]c3ccccc23)NC(=O)[C@@H](CCC(=O)O)NC(=O)[C@H]1C. The van der Waals surface area contributed by atoms with Crippen molar-refractivity contribution in [2.45, 2.75) is 103 Å². The molecule has 13 nitrogen and oxygen atoms in total. The second kappa shape index (κ2) is 17.4. The third kappa shape index (κ3) is 9.62. The van der Waals surface area contributed by atoms with Crippen LogP contribution in [0.4, 0.5) is 0 Å². The first-order valence-electron chi connectivity index (χ1n) is 16.0. The number of nitrogens with one attached hydrogen (secondary N) is 4. The minimum absolute atomic E-state index is 0.0758. The van der Waals surface area contributed by atoms with E-state index in [1.807, 2.05) is 6.92 Å². The molecule has 2 aromatic rings. The number of amides is 3. The van der Waals surface area contributed by atoms with Crippen LogP contribution in [0.1, 0.15) is 88.9 Å². The van der Waals surface area contributed by atoms with Crippen molar-refractivity contribution in [3.05, 3.63) is 36.0 Å². The number of unbranched alkanes of at least 4 members (excludes halogenated alkanes) is 5. The summed E-state index contributed by atoms with van der Waals surface area (Å²) in [7, 11) is 0. The number of benzene rings is 1. The Kier molecular flexibility index (Phi) is 13.7. The number of carbonyl (C=O) groups excluding carboxylic acids is 5. The lowest BCUT2D eigenvalue weighted by Gasteiger charge is -2.31. The minimum atomic E-state index is -1.89. The molecule has 6 atom stereocenters. The molecule has 1 saturated heterocycles. The zero-order valence-electron chi connectivity index (χ0n) is 26.7. The van der Waals surface area contributed by atoms with Crippen molar-refractivity contribution in [2.75, 3.05) is 6.61 Å². The molecule has 13 heteroatoms. The number of esters is 1. The van der Waals surface area contributed by atoms with Gasteiger partial charge in [-0.25, -0.2) is 4.79 Å². The summed E-state index contributed by atoms with van der Waals surface area (Å²) < 4.78 is 5.78. The van der Waals surface area contributed by atoms with Gasteiger partial charge in [-0.15, -0.1) is 0 Å². The second-order valence-electron chi connectivity index (χ2n) is 12.0. The number of Topliss-reactive ketones (excluding diaryl/α,β-unsaturated/α-hetero) is 1. The number of rotatable bonds is 14. The fourth-order valence-electron chi connectivity index (χ4n) is 5.69. The molecule has 0 radical (unpaired) electrons. The third-order valence-corrected chi connectivity index (χ3v) is 8.46. The summed E-state index contributed by atoms with van der Waals surface area (Å²) in [6, 6.07) is 1.90. The normalized spacial score (nSPS) is 23.6. The number of ketones is 1. The maximum absolute atomic E-state index is 13.8. The number of ether oxygens (including phenoxy) is 1. The van der Waals surface area contributed by atoms with E-state index in [4.69, 9.17) is 4.74 Å². The monoisotopic (exact) mass is 642 g/mol. The Morgan fingerprint density at radius 2 is 1.59 bits per heavy atom. The zero-order chi connectivity index (χ0) is 33.8. The van der Waals surface area contributed by atoms with E-state index < -0.39 is 78.6 Å². The molecule has 1 fully saturated rings. The number of hydrogen-bond acceptors (Lipinski definition) is 8. The number of para-hydroxylation sites is 1. The summed E-state index contributed by atoms with van der Waals surface area (Å²) in [5.41, 5.74) is 0.674. The lowest BCUT2D eigenvalue weighted by Crippen LogP contribution is -2.58. The number of cyclic esters (lactones) is 1. The van der Waals surface area contributed by atoms with Crippen molar-refractivity contribution >= 4 is 46.3 Å². The molecule has 3 rings (SSSR count). The van der Waals surface area contributed by atoms with Gasteiger partial charge in [-0.2, -0.15) is 0 Å². The number of carboxylic acid groups (broad SMARTS) is 1. The van der Waals surface area contributed by atoms with Gasteiger partial charge >= 0.3 is 11.9 Å². The first kappa shape index (κ1) is 36.2. The fraction of sp³-hybridized carbons (Fsp3) is 0.576. The average Bonchev–Trinajstić information content (AvgIpc) is 3.47. The van der Waals surface area contributed by atoms with Crippen molar-refractivity contribution in [1.29, 1.82) is 0 Å². The summed E-state index contributed by atoms with van der Waals surface area (Å²) in [4.78, 5) is 82.0. The van der Waals surface area contributed by atoms with Gasteiger partial charge in [0.25, 0.3) is 5.91 Å². The second-order valence-corrected chi connectivity index (χ2v) is 12.0. The summed E-state index contributed by atoms with van der Waals surface area (Å²) in [5.74, 6) is -7.04. The van der Waals surface area contributed by atoms with Crippen LogP contribution in [-0.2, 0) is 28.7 Å². The van der Waals surface area contributed by atoms with Crippen LogP contribution in [0.5, 0.6) is 0 Å². The number of fused-ring (bicyclic) bond motifs is 1. The largest absolute Gasteiger partial charge is 0.481 e. The molecule has 3 amide bonds. The number of aromatic amines is 1. The molecular formula is C33H46N4O9. The van der Waals surface area contributed by atoms with Gasteiger partial charge in [-0.05, 0) is 24.8 Å². The Bertz CT molecular complexity index is 1390. The Balaban J connectivity index is 1.95. The molecule has 0 saturated carbocycles. The summed E-state index contributed by atoms with van der Waals surface area (Å²) in [6.07, 6.45) is 6.43. The lowest BCUT2D eigenvalue weighted by atomic mass is 9.88. The molecule has 1 aromatic heterocycles. The Hall–Kier alpha value is -4.26. The topological polar surface area (TPSA) is 204 Å². The average molecular weight is 643 g/mol. The lowest BCUT2D eigenvalue weighted by molar-refractivity contribution is -0.161. The maximum atomic E-state index is 13.8. The van der Waals surface area contributed by atoms with Crippen LogP contribution in [-0.4, -0.2) is 81.5 Å². The molecule has 1 aromatic carbocycles. The number of carboxylic acids is 1. The van der Waals surface area contributed by atoms with Crippen molar-refractivity contribution in [3.63, 3.8) is 0 Å². The Labute approximate surface area is 268 Å². The van der Waals surface area contributed by atoms with E-state index in [9.17, 15) is 39.0 Å². The highest BCUT2D eigenvalue weighted by Crippen LogP contribution is 2.25. The van der Waals surface area contributed by atoms with Gasteiger partial charge in [0.1, 0.15) is 12.1 Å². The molecule has 0 aliphatic carbocycles. The van der Waals surface area contributed by atoms with E-state index in [2.05, 4.69) is 27.9 Å². The van der Waals surface area contributed by atoms with Crippen LogP contribution in [0.3, 0.4) is 0 Å².